The topological polar surface area (TPSA) is 65.4 Å². The number of rotatable bonds is 4. The van der Waals surface area contributed by atoms with Crippen molar-refractivity contribution in [3.8, 4) is 0 Å². The van der Waals surface area contributed by atoms with Crippen molar-refractivity contribution in [3.05, 3.63) is 47.7 Å². The van der Waals surface area contributed by atoms with Crippen LogP contribution in [0.2, 0.25) is 0 Å². The molecule has 1 N–H and O–H groups in total. The lowest BCUT2D eigenvalue weighted by atomic mass is 10.1. The fourth-order valence-corrected chi connectivity index (χ4v) is 2.83. The highest BCUT2D eigenvalue weighted by atomic mass is 16.5. The van der Waals surface area contributed by atoms with Crippen LogP contribution in [0.5, 0.6) is 0 Å². The maximum atomic E-state index is 12.2. The van der Waals surface area contributed by atoms with Gasteiger partial charge in [-0.3, -0.25) is 5.32 Å². The lowest BCUT2D eigenvalue weighted by Crippen LogP contribution is -2.27. The van der Waals surface area contributed by atoms with Crippen molar-refractivity contribution >= 4 is 11.9 Å². The SMILES string of the molecule is CC(C)(C)n1nc([C@H]2CCCO2)cc1NC(=O)OCc1ccccc1. The van der Waals surface area contributed by atoms with E-state index in [2.05, 4.69) is 10.4 Å². The van der Waals surface area contributed by atoms with Crippen LogP contribution in [0.3, 0.4) is 0 Å². The Labute approximate surface area is 148 Å². The number of hydrogen-bond acceptors (Lipinski definition) is 4. The van der Waals surface area contributed by atoms with Gasteiger partial charge in [0.05, 0.1) is 11.2 Å². The molecule has 3 rings (SSSR count). The third-order valence-electron chi connectivity index (χ3n) is 4.07. The van der Waals surface area contributed by atoms with Crippen molar-refractivity contribution in [2.45, 2.75) is 51.9 Å². The monoisotopic (exact) mass is 343 g/mol. The predicted molar refractivity (Wildman–Crippen MR) is 95.4 cm³/mol. The van der Waals surface area contributed by atoms with Crippen LogP contribution < -0.4 is 5.32 Å². The second-order valence-corrected chi connectivity index (χ2v) is 7.23. The van der Waals surface area contributed by atoms with E-state index in [1.807, 2.05) is 61.9 Å². The number of amides is 1. The zero-order valence-electron chi connectivity index (χ0n) is 15.0. The number of carbonyl (C=O) groups excluding carboxylic acids is 1. The molecule has 1 fully saturated rings. The van der Waals surface area contributed by atoms with Gasteiger partial charge < -0.3 is 9.47 Å². The van der Waals surface area contributed by atoms with Crippen LogP contribution >= 0.6 is 0 Å². The van der Waals surface area contributed by atoms with Gasteiger partial charge in [0.15, 0.2) is 0 Å². The molecule has 1 atom stereocenters. The summed E-state index contributed by atoms with van der Waals surface area (Å²) in [5.41, 5.74) is 1.53. The van der Waals surface area contributed by atoms with E-state index in [1.165, 1.54) is 0 Å². The Bertz CT molecular complexity index is 713. The second-order valence-electron chi connectivity index (χ2n) is 7.23. The van der Waals surface area contributed by atoms with Crippen molar-refractivity contribution < 1.29 is 14.3 Å². The van der Waals surface area contributed by atoms with Crippen molar-refractivity contribution in [3.63, 3.8) is 0 Å². The second kappa shape index (κ2) is 7.27. The Morgan fingerprint density at radius 2 is 2.12 bits per heavy atom. The van der Waals surface area contributed by atoms with Crippen LogP contribution in [0.4, 0.5) is 10.6 Å². The van der Waals surface area contributed by atoms with Gasteiger partial charge in [-0.25, -0.2) is 9.48 Å². The van der Waals surface area contributed by atoms with Gasteiger partial charge in [-0.2, -0.15) is 5.10 Å². The average Bonchev–Trinajstić information content (AvgIpc) is 3.22. The molecule has 1 aromatic carbocycles. The quantitative estimate of drug-likeness (QED) is 0.902. The molecule has 6 nitrogen and oxygen atoms in total. The van der Waals surface area contributed by atoms with Crippen LogP contribution in [0.1, 0.15) is 51.0 Å². The average molecular weight is 343 g/mol. The first-order chi connectivity index (χ1) is 11.9. The lowest BCUT2D eigenvalue weighted by Gasteiger charge is -2.22. The highest BCUT2D eigenvalue weighted by molar-refractivity contribution is 5.83. The number of carbonyl (C=O) groups is 1. The number of nitrogens with zero attached hydrogens (tertiary/aromatic N) is 2. The summed E-state index contributed by atoms with van der Waals surface area (Å²) >= 11 is 0. The fourth-order valence-electron chi connectivity index (χ4n) is 2.83. The summed E-state index contributed by atoms with van der Waals surface area (Å²) in [6.45, 7) is 7.11. The Hall–Kier alpha value is -2.34. The molecular formula is C19H25N3O3. The first kappa shape index (κ1) is 17.5. The Kier molecular flexibility index (Phi) is 5.08. The molecule has 25 heavy (non-hydrogen) atoms. The summed E-state index contributed by atoms with van der Waals surface area (Å²) in [6.07, 6.45) is 1.51. The molecule has 0 unspecified atom stereocenters. The molecule has 134 valence electrons. The minimum Gasteiger partial charge on any atom is -0.444 e. The highest BCUT2D eigenvalue weighted by Gasteiger charge is 2.26. The van der Waals surface area contributed by atoms with Gasteiger partial charge in [-0.15, -0.1) is 0 Å². The van der Waals surface area contributed by atoms with E-state index in [4.69, 9.17) is 9.47 Å². The summed E-state index contributed by atoms with van der Waals surface area (Å²) in [6, 6.07) is 11.5. The van der Waals surface area contributed by atoms with Crippen LogP contribution in [-0.4, -0.2) is 22.5 Å². The van der Waals surface area contributed by atoms with Crippen LogP contribution in [0, 0.1) is 0 Å². The molecule has 1 aromatic heterocycles. The maximum Gasteiger partial charge on any atom is 0.413 e. The molecule has 1 amide bonds. The number of ether oxygens (including phenoxy) is 2. The van der Waals surface area contributed by atoms with Gasteiger partial charge in [0.25, 0.3) is 0 Å². The molecule has 6 heteroatoms. The predicted octanol–water partition coefficient (Wildman–Crippen LogP) is 4.24. The zero-order valence-corrected chi connectivity index (χ0v) is 15.0. The summed E-state index contributed by atoms with van der Waals surface area (Å²) in [5.74, 6) is 0.621. The first-order valence-corrected chi connectivity index (χ1v) is 8.63. The van der Waals surface area contributed by atoms with Gasteiger partial charge in [0.2, 0.25) is 0 Å². The lowest BCUT2D eigenvalue weighted by molar-refractivity contribution is 0.107. The van der Waals surface area contributed by atoms with Gasteiger partial charge >= 0.3 is 6.09 Å². The Balaban J connectivity index is 1.70. The molecule has 0 aliphatic carbocycles. The minimum atomic E-state index is -0.492. The smallest absolute Gasteiger partial charge is 0.413 e. The third-order valence-corrected chi connectivity index (χ3v) is 4.07. The number of benzene rings is 1. The molecule has 2 aromatic rings. The largest absolute Gasteiger partial charge is 0.444 e. The van der Waals surface area contributed by atoms with Crippen molar-refractivity contribution in [2.24, 2.45) is 0 Å². The number of anilines is 1. The van der Waals surface area contributed by atoms with E-state index in [1.54, 1.807) is 0 Å². The Morgan fingerprint density at radius 1 is 1.36 bits per heavy atom. The van der Waals surface area contributed by atoms with E-state index in [9.17, 15) is 4.79 Å². The van der Waals surface area contributed by atoms with E-state index in [-0.39, 0.29) is 18.2 Å². The Morgan fingerprint density at radius 3 is 2.76 bits per heavy atom. The van der Waals surface area contributed by atoms with Crippen LogP contribution in [0.25, 0.3) is 0 Å². The standard InChI is InChI=1S/C19H25N3O3/c1-19(2,3)22-17(12-15(21-22)16-10-7-11-24-16)20-18(23)25-13-14-8-5-4-6-9-14/h4-6,8-9,12,16H,7,10-11,13H2,1-3H3,(H,20,23)/t16-/m1/s1. The minimum absolute atomic E-state index is 0.00416. The normalized spacial score (nSPS) is 17.5. The number of hydrogen-bond donors (Lipinski definition) is 1. The molecular weight excluding hydrogens is 318 g/mol. The molecule has 1 aliphatic heterocycles. The zero-order chi connectivity index (χ0) is 17.9. The molecule has 1 aliphatic rings. The van der Waals surface area contributed by atoms with E-state index < -0.39 is 6.09 Å². The van der Waals surface area contributed by atoms with Crippen LogP contribution in [0.15, 0.2) is 36.4 Å². The van der Waals surface area contributed by atoms with Gasteiger partial charge in [0.1, 0.15) is 18.5 Å². The summed E-state index contributed by atoms with van der Waals surface area (Å²) < 4.78 is 12.8. The van der Waals surface area contributed by atoms with Crippen LogP contribution in [-0.2, 0) is 21.6 Å². The van der Waals surface area contributed by atoms with Gasteiger partial charge in [0, 0.05) is 12.7 Å². The van der Waals surface area contributed by atoms with E-state index in [0.717, 1.165) is 30.7 Å². The van der Waals surface area contributed by atoms with Crippen molar-refractivity contribution in [1.82, 2.24) is 9.78 Å². The van der Waals surface area contributed by atoms with Gasteiger partial charge in [-0.1, -0.05) is 30.3 Å². The highest BCUT2D eigenvalue weighted by Crippen LogP contribution is 2.31. The third kappa shape index (κ3) is 4.39. The maximum absolute atomic E-state index is 12.2. The molecule has 1 saturated heterocycles. The van der Waals surface area contributed by atoms with Crippen molar-refractivity contribution in [2.75, 3.05) is 11.9 Å². The summed E-state index contributed by atoms with van der Waals surface area (Å²) in [7, 11) is 0. The fraction of sp³-hybridized carbons (Fsp3) is 0.474. The molecule has 0 radical (unpaired) electrons. The summed E-state index contributed by atoms with van der Waals surface area (Å²) in [5, 5.41) is 7.47. The summed E-state index contributed by atoms with van der Waals surface area (Å²) in [4.78, 5) is 12.2. The van der Waals surface area contributed by atoms with E-state index in [0.29, 0.717) is 5.82 Å². The van der Waals surface area contributed by atoms with Crippen molar-refractivity contribution in [1.29, 1.82) is 0 Å². The van der Waals surface area contributed by atoms with E-state index >= 15 is 0 Å². The first-order valence-electron chi connectivity index (χ1n) is 8.63. The number of nitrogens with one attached hydrogen (secondary N) is 1. The molecule has 2 heterocycles. The van der Waals surface area contributed by atoms with Gasteiger partial charge in [-0.05, 0) is 39.2 Å². The number of aromatic nitrogens is 2. The molecule has 0 bridgehead atoms. The molecule has 0 spiro atoms. The molecule has 0 saturated carbocycles.